The van der Waals surface area contributed by atoms with Gasteiger partial charge in [-0.25, -0.2) is 19.8 Å². The lowest BCUT2D eigenvalue weighted by Crippen LogP contribution is -2.41. The zero-order valence-electron chi connectivity index (χ0n) is 20.9. The summed E-state index contributed by atoms with van der Waals surface area (Å²) in [5.74, 6) is -1.97. The predicted octanol–water partition coefficient (Wildman–Crippen LogP) is -0.349. The Hall–Kier alpha value is -5.74. The minimum Gasteiger partial charge on any atom is -0.481 e. The number of carbonyl (C=O) groups is 3. The maximum atomic E-state index is 12.3. The van der Waals surface area contributed by atoms with E-state index in [-0.39, 0.29) is 30.0 Å². The van der Waals surface area contributed by atoms with Gasteiger partial charge in [-0.05, 0) is 30.7 Å². The number of aromatic nitrogens is 4. The number of carbonyl (C=O) groups excluding carboxylic acids is 1. The molecule has 4 rings (SSSR count). The van der Waals surface area contributed by atoms with Crippen molar-refractivity contribution in [1.29, 1.82) is 0 Å². The number of carboxylic acids is 2. The molecule has 17 nitrogen and oxygen atoms in total. The molecule has 12 N–H and O–H groups in total. The molecule has 0 bridgehead atoms. The number of nitrogens with two attached hydrogens (primary N) is 3. The molecule has 0 spiro atoms. The zero-order valence-corrected chi connectivity index (χ0v) is 20.9. The molecule has 0 aliphatic carbocycles. The number of nitrogens with zero attached hydrogens (tertiary/aromatic N) is 4. The van der Waals surface area contributed by atoms with Crippen LogP contribution in [0.2, 0.25) is 0 Å². The minimum atomic E-state index is -1.31. The number of amides is 1. The maximum absolute atomic E-state index is 12.3. The van der Waals surface area contributed by atoms with Crippen LogP contribution in [0.3, 0.4) is 0 Å². The van der Waals surface area contributed by atoms with Gasteiger partial charge >= 0.3 is 11.9 Å². The Morgan fingerprint density at radius 3 is 2.30 bits per heavy atom. The Kier molecular flexibility index (Phi) is 9.49. The van der Waals surface area contributed by atoms with Crippen LogP contribution in [0.1, 0.15) is 23.2 Å². The molecule has 0 unspecified atom stereocenters. The van der Waals surface area contributed by atoms with E-state index in [1.165, 1.54) is 24.5 Å². The van der Waals surface area contributed by atoms with Gasteiger partial charge in [0.15, 0.2) is 11.5 Å². The highest BCUT2D eigenvalue weighted by atomic mass is 16.4. The average Bonchev–Trinajstić information content (AvgIpc) is 2.90. The summed E-state index contributed by atoms with van der Waals surface area (Å²) in [6, 6.07) is 6.45. The molecule has 0 fully saturated rings. The molecule has 210 valence electrons. The Labute approximate surface area is 226 Å². The standard InChI is InChI=1S/C19H21N7O6.C4H6N4/c20-19-25-15-14(17(30)26-19)23-11(8-22-15)7-21-10-3-1-9(2-4-10)16(29)24-12(18(31)32)5-6-13(27)28;5-3-1-4(6)8-2-7-3/h1-4,12,21H,5-8H2,(H,24,29)(H,27,28)(H,31,32)(H4,20,22,25,26,30);1-2H,(H4,5,6,7,8)/t12-;/m0./s1. The molecule has 3 aromatic rings. The van der Waals surface area contributed by atoms with Crippen molar-refractivity contribution in [2.75, 3.05) is 40.9 Å². The van der Waals surface area contributed by atoms with Crippen molar-refractivity contribution in [3.63, 3.8) is 0 Å². The number of aliphatic imine (C=N–C) groups is 1. The highest BCUT2D eigenvalue weighted by molar-refractivity contribution is 5.98. The molecule has 1 aliphatic heterocycles. The third-order valence-electron chi connectivity index (χ3n) is 5.25. The smallest absolute Gasteiger partial charge is 0.326 e. The van der Waals surface area contributed by atoms with Crippen molar-refractivity contribution in [3.8, 4) is 0 Å². The van der Waals surface area contributed by atoms with Crippen molar-refractivity contribution < 1.29 is 24.6 Å². The molecule has 40 heavy (non-hydrogen) atoms. The first-order valence-electron chi connectivity index (χ1n) is 11.6. The van der Waals surface area contributed by atoms with E-state index in [0.29, 0.717) is 41.9 Å². The third-order valence-corrected chi connectivity index (χ3v) is 5.25. The molecule has 1 aromatic carbocycles. The molecule has 0 radical (unpaired) electrons. The minimum absolute atomic E-state index is 0.00119. The molecule has 17 heteroatoms. The number of benzene rings is 1. The first-order valence-corrected chi connectivity index (χ1v) is 11.6. The molecular weight excluding hydrogens is 526 g/mol. The lowest BCUT2D eigenvalue weighted by atomic mass is 10.1. The van der Waals surface area contributed by atoms with E-state index in [9.17, 15) is 19.2 Å². The number of hydrogen-bond donors (Lipinski definition) is 9. The number of nitrogens with one attached hydrogen (secondary N) is 4. The Morgan fingerprint density at radius 1 is 1.05 bits per heavy atom. The van der Waals surface area contributed by atoms with Crippen molar-refractivity contribution >= 4 is 58.3 Å². The monoisotopic (exact) mass is 553 g/mol. The van der Waals surface area contributed by atoms with Crippen molar-refractivity contribution in [2.45, 2.75) is 18.9 Å². The lowest BCUT2D eigenvalue weighted by molar-refractivity contribution is -0.140. The van der Waals surface area contributed by atoms with Gasteiger partial charge in [0, 0.05) is 23.7 Å². The first-order chi connectivity index (χ1) is 19.0. The van der Waals surface area contributed by atoms with Crippen LogP contribution in [0.25, 0.3) is 0 Å². The van der Waals surface area contributed by atoms with Crippen LogP contribution in [0.5, 0.6) is 0 Å². The van der Waals surface area contributed by atoms with Crippen LogP contribution in [-0.4, -0.2) is 72.8 Å². The Balaban J connectivity index is 0.000000472. The van der Waals surface area contributed by atoms with Gasteiger partial charge in [-0.2, -0.15) is 4.98 Å². The fourth-order valence-electron chi connectivity index (χ4n) is 3.30. The molecule has 2 aromatic heterocycles. The summed E-state index contributed by atoms with van der Waals surface area (Å²) in [5.41, 5.74) is 17.2. The fraction of sp³-hybridized carbons (Fsp3) is 0.217. The number of rotatable bonds is 9. The first kappa shape index (κ1) is 28.8. The van der Waals surface area contributed by atoms with Gasteiger partial charge in [-0.3, -0.25) is 19.4 Å². The van der Waals surface area contributed by atoms with E-state index in [1.54, 1.807) is 12.1 Å². The molecule has 0 saturated heterocycles. The highest BCUT2D eigenvalue weighted by Crippen LogP contribution is 2.21. The quantitative estimate of drug-likeness (QED) is 0.164. The second-order valence-electron chi connectivity index (χ2n) is 8.28. The highest BCUT2D eigenvalue weighted by Gasteiger charge is 2.22. The molecule has 1 atom stereocenters. The van der Waals surface area contributed by atoms with E-state index in [2.05, 4.69) is 40.9 Å². The second-order valence-corrected chi connectivity index (χ2v) is 8.28. The van der Waals surface area contributed by atoms with E-state index < -0.39 is 29.4 Å². The zero-order chi connectivity index (χ0) is 29.2. The number of fused-ring (bicyclic) bond motifs is 1. The predicted molar refractivity (Wildman–Crippen MR) is 146 cm³/mol. The number of nitrogen functional groups attached to an aromatic ring is 3. The van der Waals surface area contributed by atoms with Crippen molar-refractivity contribution in [3.05, 3.63) is 52.6 Å². The largest absolute Gasteiger partial charge is 0.481 e. The lowest BCUT2D eigenvalue weighted by Gasteiger charge is -2.17. The van der Waals surface area contributed by atoms with E-state index in [0.717, 1.165) is 0 Å². The molecule has 1 amide bonds. The molecule has 3 heterocycles. The summed E-state index contributed by atoms with van der Waals surface area (Å²) in [7, 11) is 0. The number of H-pyrrole nitrogens is 1. The Morgan fingerprint density at radius 2 is 1.73 bits per heavy atom. The van der Waals surface area contributed by atoms with Crippen LogP contribution in [-0.2, 0) is 9.59 Å². The summed E-state index contributed by atoms with van der Waals surface area (Å²) < 4.78 is 0. The van der Waals surface area contributed by atoms with E-state index in [1.807, 2.05) is 0 Å². The van der Waals surface area contributed by atoms with Crippen LogP contribution in [0.4, 0.5) is 34.8 Å². The molecular formula is C23H27N11O6. The van der Waals surface area contributed by atoms with Gasteiger partial charge in [-0.1, -0.05) is 0 Å². The van der Waals surface area contributed by atoms with Crippen LogP contribution >= 0.6 is 0 Å². The van der Waals surface area contributed by atoms with Gasteiger partial charge in [-0.15, -0.1) is 0 Å². The summed E-state index contributed by atoms with van der Waals surface area (Å²) in [6.45, 7) is 0.682. The summed E-state index contributed by atoms with van der Waals surface area (Å²) in [6.07, 6.45) is 0.726. The maximum Gasteiger partial charge on any atom is 0.326 e. The number of anilines is 5. The van der Waals surface area contributed by atoms with Crippen LogP contribution < -0.4 is 38.7 Å². The number of hydrogen-bond acceptors (Lipinski definition) is 13. The van der Waals surface area contributed by atoms with Crippen molar-refractivity contribution in [2.24, 2.45) is 4.99 Å². The van der Waals surface area contributed by atoms with Crippen LogP contribution in [0.15, 0.2) is 46.4 Å². The van der Waals surface area contributed by atoms with E-state index >= 15 is 0 Å². The average molecular weight is 554 g/mol. The second kappa shape index (κ2) is 13.2. The number of aliphatic carboxylic acids is 2. The fourth-order valence-corrected chi connectivity index (χ4v) is 3.30. The van der Waals surface area contributed by atoms with Crippen LogP contribution in [0, 0.1) is 0 Å². The number of aromatic amines is 1. The third kappa shape index (κ3) is 8.40. The SMILES string of the molecule is Nc1cc(N)ncn1.Nc1nc2c(c(=O)[nH]1)N=C(CNc1ccc(C(=O)N[C@@H](CCC(=O)O)C(=O)O)cc1)CN2. The number of carboxylic acid groups (broad SMARTS) is 2. The topological polar surface area (TPSA) is 290 Å². The molecule has 1 aliphatic rings. The molecule has 0 saturated carbocycles. The van der Waals surface area contributed by atoms with Gasteiger partial charge in [0.05, 0.1) is 18.8 Å². The van der Waals surface area contributed by atoms with Gasteiger partial charge in [0.1, 0.15) is 24.0 Å². The normalized spacial score (nSPS) is 12.3. The summed E-state index contributed by atoms with van der Waals surface area (Å²) >= 11 is 0. The summed E-state index contributed by atoms with van der Waals surface area (Å²) in [4.78, 5) is 64.0. The van der Waals surface area contributed by atoms with E-state index in [4.69, 9.17) is 27.4 Å². The van der Waals surface area contributed by atoms with Gasteiger partial charge in [0.25, 0.3) is 11.5 Å². The Bertz CT molecular complexity index is 1460. The van der Waals surface area contributed by atoms with Gasteiger partial charge in [0.2, 0.25) is 5.95 Å². The summed E-state index contributed by atoms with van der Waals surface area (Å²) in [5, 5.41) is 26.2. The van der Waals surface area contributed by atoms with Gasteiger partial charge < -0.3 is 43.4 Å². The van der Waals surface area contributed by atoms with Crippen molar-refractivity contribution in [1.82, 2.24) is 25.3 Å².